The van der Waals surface area contributed by atoms with E-state index in [2.05, 4.69) is 317 Å². The summed E-state index contributed by atoms with van der Waals surface area (Å²) in [7, 11) is 0. The van der Waals surface area contributed by atoms with Crippen LogP contribution in [-0.2, 0) is 35.2 Å². The van der Waals surface area contributed by atoms with Crippen LogP contribution in [0.25, 0.3) is 77.9 Å². The van der Waals surface area contributed by atoms with Crippen LogP contribution in [0.2, 0.25) is 0 Å². The van der Waals surface area contributed by atoms with Crippen molar-refractivity contribution in [3.8, 4) is 77.9 Å². The minimum Gasteiger partial charge on any atom is -0.381 e. The molecular weight excluding hydrogens is 1530 g/mol. The number of aryl methyl sites for hydroxylation is 2. The van der Waals surface area contributed by atoms with E-state index in [0.29, 0.717) is 5.92 Å². The van der Waals surface area contributed by atoms with Gasteiger partial charge >= 0.3 is 0 Å². The number of nitrogens with zero attached hydrogens (tertiary/aromatic N) is 1. The van der Waals surface area contributed by atoms with Gasteiger partial charge in [0, 0.05) is 57.4 Å². The summed E-state index contributed by atoms with van der Waals surface area (Å²) in [4.78, 5) is 2.40. The summed E-state index contributed by atoms with van der Waals surface area (Å²) in [5.74, 6) is 0.544. The maximum Gasteiger partial charge on any atom is 0.0564 e. The predicted octanol–water partition coefficient (Wildman–Crippen LogP) is 34.3. The van der Waals surface area contributed by atoms with Crippen molar-refractivity contribution in [2.75, 3.05) is 57.8 Å². The van der Waals surface area contributed by atoms with Crippen LogP contribution in [0.4, 0.5) is 17.1 Å². The fourth-order valence-electron chi connectivity index (χ4n) is 22.0. The molecule has 0 N–H and O–H groups in total. The third kappa shape index (κ3) is 21.0. The van der Waals surface area contributed by atoms with Crippen LogP contribution >= 0.6 is 0 Å². The lowest BCUT2D eigenvalue weighted by Crippen LogP contribution is -2.43. The second-order valence-corrected chi connectivity index (χ2v) is 39.7. The van der Waals surface area contributed by atoms with E-state index in [0.717, 1.165) is 83.5 Å². The van der Waals surface area contributed by atoms with Crippen LogP contribution in [0.1, 0.15) is 310 Å². The molecule has 2 aliphatic heterocycles. The molecule has 3 aliphatic carbocycles. The molecule has 5 nitrogen and oxygen atoms in total. The number of anilines is 3. The summed E-state index contributed by atoms with van der Waals surface area (Å²) >= 11 is 0. The second-order valence-electron chi connectivity index (χ2n) is 39.7. The number of ether oxygens (including phenoxy) is 4. The van der Waals surface area contributed by atoms with Crippen LogP contribution in [0.5, 0.6) is 0 Å². The minimum atomic E-state index is -0.0134. The predicted molar refractivity (Wildman–Crippen MR) is 537 cm³/mol. The molecule has 126 heavy (non-hydrogen) atoms. The van der Waals surface area contributed by atoms with Crippen molar-refractivity contribution >= 4 is 17.1 Å². The van der Waals surface area contributed by atoms with Gasteiger partial charge in [-0.05, 0) is 255 Å². The summed E-state index contributed by atoms with van der Waals surface area (Å²) in [6, 6.07) is 94.0. The van der Waals surface area contributed by atoms with E-state index >= 15 is 0 Å². The van der Waals surface area contributed by atoms with Gasteiger partial charge in [0.1, 0.15) is 0 Å². The van der Waals surface area contributed by atoms with Gasteiger partial charge in [0.15, 0.2) is 0 Å². The monoisotopic (exact) mass is 1680 g/mol. The highest BCUT2D eigenvalue weighted by atomic mass is 16.5. The first-order valence-corrected chi connectivity index (χ1v) is 50.0. The molecule has 0 radical (unpaired) electrons. The SMILES string of the molecule is CCCCCCC1(CCCCCC)c2cc(-c3ccccc3)ccc2-c2ccc(-c3ccc4c(c3)C(CCCCCCOCC3(C)COC3)(CCCCCCOCC3(C)COC3)c3cc(C)ccc3-4)cc21.CCCCCCC1(CCCCCC)c2cc(C)ccc2-c2ccc(-c3ccc(N(c4ccc(-c5ccccc5)cc4)c4ccc(C(C)CC)cc4)cc3)cc21. The summed E-state index contributed by atoms with van der Waals surface area (Å²) in [5, 5.41) is 0. The standard InChI is InChI=1S/C67H88O4.C54H61N/c1-6-8-10-19-35-67(36-20-11-9-7-2)61-42-53(52-25-17-16-18-26-52)28-32-58(61)59-34-30-55(44-63(59)67)54-29-33-57-56-31-27-51(3)41-60(56)66(62(57)43-54,37-21-12-14-23-39-68-45-64(4)47-70-48-64)38-22-13-15-24-40-69-46-65(5)49-71-50-65;1-6-9-11-16-36-54(37-17-12-10-7-2)52-38-40(4)20-34-50(52)51-35-27-46(39-53(51)54)45-25-32-49(33-26-45)55(47-28-21-42(22-29-47)41(5)8-3)48-30-23-44(24-31-48)43-18-14-13-15-19-43/h16-18,25-34,41-44H,6-15,19-24,35-40,45-50H2,1-5H3;13-15,18-35,38-39,41H,6-12,16-17,36-37H2,1-5H3. The zero-order chi connectivity index (χ0) is 87.4. The number of hydrogen-bond acceptors (Lipinski definition) is 5. The van der Waals surface area contributed by atoms with Crippen LogP contribution in [0.3, 0.4) is 0 Å². The Balaban J connectivity index is 0.000000201. The number of benzene rings is 11. The molecule has 0 bridgehead atoms. The van der Waals surface area contributed by atoms with E-state index in [9.17, 15) is 0 Å². The zero-order valence-electron chi connectivity index (χ0n) is 78.8. The molecule has 11 aromatic rings. The fraction of sp³-hybridized carbons (Fsp3) is 0.455. The van der Waals surface area contributed by atoms with Crippen LogP contribution < -0.4 is 4.90 Å². The molecule has 0 amide bonds. The smallest absolute Gasteiger partial charge is 0.0564 e. The minimum absolute atomic E-state index is 0.00439. The molecule has 2 heterocycles. The summed E-state index contributed by atoms with van der Waals surface area (Å²) < 4.78 is 23.3. The Hall–Kier alpha value is -8.94. The van der Waals surface area contributed by atoms with E-state index in [1.807, 2.05) is 0 Å². The average Bonchev–Trinajstić information content (AvgIpc) is 1.56. The molecule has 1 unspecified atom stereocenters. The molecule has 2 saturated heterocycles. The lowest BCUT2D eigenvalue weighted by Gasteiger charge is -2.37. The van der Waals surface area contributed by atoms with Crippen molar-refractivity contribution in [3.05, 3.63) is 293 Å². The third-order valence-electron chi connectivity index (χ3n) is 29.7. The maximum absolute atomic E-state index is 6.17. The first kappa shape index (κ1) is 91.8. The Morgan fingerprint density at radius 2 is 0.548 bits per heavy atom. The normalized spacial score (nSPS) is 15.5. The summed E-state index contributed by atoms with van der Waals surface area (Å²) in [6.45, 7) is 29.7. The van der Waals surface area contributed by atoms with Gasteiger partial charge < -0.3 is 23.8 Å². The maximum atomic E-state index is 6.17. The number of fused-ring (bicyclic) bond motifs is 9. The van der Waals surface area contributed by atoms with Gasteiger partial charge in [-0.25, -0.2) is 0 Å². The Morgan fingerprint density at radius 3 is 0.857 bits per heavy atom. The zero-order valence-corrected chi connectivity index (χ0v) is 78.8. The highest BCUT2D eigenvalue weighted by Crippen LogP contribution is 2.60. The molecule has 0 saturated carbocycles. The van der Waals surface area contributed by atoms with Crippen molar-refractivity contribution < 1.29 is 18.9 Å². The summed E-state index contributed by atoms with van der Waals surface area (Å²) in [5.41, 5.74) is 36.8. The van der Waals surface area contributed by atoms with Crippen molar-refractivity contribution in [2.45, 2.75) is 290 Å². The highest BCUT2D eigenvalue weighted by molar-refractivity contribution is 5.90. The molecule has 16 rings (SSSR count). The van der Waals surface area contributed by atoms with Gasteiger partial charge in [-0.1, -0.05) is 390 Å². The van der Waals surface area contributed by atoms with Crippen LogP contribution in [0, 0.1) is 24.7 Å². The van der Waals surface area contributed by atoms with Crippen LogP contribution in [0.15, 0.2) is 243 Å². The first-order chi connectivity index (χ1) is 61.6. The molecular formula is C121H149NO4. The largest absolute Gasteiger partial charge is 0.381 e. The lowest BCUT2D eigenvalue weighted by molar-refractivity contribution is -0.137. The quantitative estimate of drug-likeness (QED) is 0.0356. The number of hydrogen-bond donors (Lipinski definition) is 0. The number of unbranched alkanes of at least 4 members (excludes halogenated alkanes) is 18. The van der Waals surface area contributed by atoms with Gasteiger partial charge in [0.2, 0.25) is 0 Å². The highest BCUT2D eigenvalue weighted by Gasteiger charge is 2.47. The third-order valence-corrected chi connectivity index (χ3v) is 29.7. The summed E-state index contributed by atoms with van der Waals surface area (Å²) in [6.07, 6.45) is 38.7. The van der Waals surface area contributed by atoms with E-state index in [1.54, 1.807) is 33.4 Å². The first-order valence-electron chi connectivity index (χ1n) is 50.0. The molecule has 1 atom stereocenters. The molecule has 0 spiro atoms. The van der Waals surface area contributed by atoms with Crippen LogP contribution in [-0.4, -0.2) is 52.9 Å². The van der Waals surface area contributed by atoms with Crippen molar-refractivity contribution in [1.29, 1.82) is 0 Å². The lowest BCUT2D eigenvalue weighted by atomic mass is 9.69. The Labute approximate surface area is 760 Å². The van der Waals surface area contributed by atoms with E-state index in [1.165, 1.54) is 280 Å². The molecule has 2 fully saturated rings. The average molecular weight is 1680 g/mol. The van der Waals surface area contributed by atoms with Crippen molar-refractivity contribution in [1.82, 2.24) is 0 Å². The van der Waals surface area contributed by atoms with E-state index in [-0.39, 0.29) is 27.1 Å². The van der Waals surface area contributed by atoms with Gasteiger partial charge in [-0.15, -0.1) is 0 Å². The molecule has 662 valence electrons. The van der Waals surface area contributed by atoms with Gasteiger partial charge in [0.25, 0.3) is 0 Å². The van der Waals surface area contributed by atoms with Gasteiger partial charge in [0.05, 0.1) is 39.6 Å². The molecule has 5 aliphatic rings. The molecule has 11 aromatic carbocycles. The fourth-order valence-corrected chi connectivity index (χ4v) is 22.0. The number of rotatable bonds is 47. The van der Waals surface area contributed by atoms with Gasteiger partial charge in [-0.3, -0.25) is 0 Å². The topological polar surface area (TPSA) is 40.2 Å². The van der Waals surface area contributed by atoms with Gasteiger partial charge in [-0.2, -0.15) is 0 Å². The van der Waals surface area contributed by atoms with E-state index < -0.39 is 0 Å². The van der Waals surface area contributed by atoms with Crippen molar-refractivity contribution in [3.63, 3.8) is 0 Å². The van der Waals surface area contributed by atoms with E-state index in [4.69, 9.17) is 18.9 Å². The Bertz CT molecular complexity index is 5220. The second kappa shape index (κ2) is 43.4. The Morgan fingerprint density at radius 1 is 0.286 bits per heavy atom. The van der Waals surface area contributed by atoms with Crippen molar-refractivity contribution in [2.24, 2.45) is 10.8 Å². The molecule has 5 heteroatoms. The molecule has 0 aromatic heterocycles. The Kier molecular flexibility index (Phi) is 31.7.